The van der Waals surface area contributed by atoms with Gasteiger partial charge in [0, 0.05) is 34.1 Å². The smallest absolute Gasteiger partial charge is 0.219 e. The second kappa shape index (κ2) is 39.7. The van der Waals surface area contributed by atoms with Gasteiger partial charge in [-0.15, -0.1) is 0 Å². The van der Waals surface area contributed by atoms with Gasteiger partial charge in [-0.1, -0.05) is 0 Å². The van der Waals surface area contributed by atoms with E-state index in [4.69, 9.17) is 44.8 Å². The number of rotatable bonds is 13. The number of morpholine rings is 1. The highest BCUT2D eigenvalue weighted by Gasteiger charge is 2.11. The van der Waals surface area contributed by atoms with E-state index in [1.165, 1.54) is 4.90 Å². The number of hydrogen-bond donors (Lipinski definition) is 6. The zero-order valence-electron chi connectivity index (χ0n) is 21.4. The Bertz CT molecular complexity index is 373. The Morgan fingerprint density at radius 2 is 1.06 bits per heavy atom. The third-order valence-electron chi connectivity index (χ3n) is 3.08. The highest BCUT2D eigenvalue weighted by Crippen LogP contribution is 1.95. The molecule has 1 heterocycles. The summed E-state index contributed by atoms with van der Waals surface area (Å²) in [6.45, 7) is 6.67. The van der Waals surface area contributed by atoms with Crippen molar-refractivity contribution in [2.24, 2.45) is 0 Å². The van der Waals surface area contributed by atoms with Crippen molar-refractivity contribution in [3.63, 3.8) is 0 Å². The first-order valence-corrected chi connectivity index (χ1v) is 11.2. The monoisotopic (exact) mass is 520 g/mol. The molecule has 0 saturated carbocycles. The molecule has 0 aromatic carbocycles. The second-order valence-corrected chi connectivity index (χ2v) is 6.37. The standard InChI is InChI=1S/C6H11NO2.C6H14O4.C4H10O3.C3H7NO.C2H6O2/c1-6(8)7-2-4-9-5-3-7;7-1-3-9-5-6-10-4-2-8;5-1-3-7-4-2-6;1-4(2)3-5;3-1-2-4/h2-5H2,1H3;7-8H,1-6H2;5-6H,1-4H2;3H,1-2H3;3-4H,1-2H2. The van der Waals surface area contributed by atoms with Gasteiger partial charge >= 0.3 is 0 Å². The Morgan fingerprint density at radius 1 is 0.743 bits per heavy atom. The summed E-state index contributed by atoms with van der Waals surface area (Å²) >= 11 is 0. The fourth-order valence-corrected chi connectivity index (χ4v) is 1.56. The molecular weight excluding hydrogens is 472 g/mol. The Balaban J connectivity index is -0.000000178. The van der Waals surface area contributed by atoms with Crippen molar-refractivity contribution in [2.75, 3.05) is 120 Å². The fourth-order valence-electron chi connectivity index (χ4n) is 1.56. The minimum atomic E-state index is -0.125. The van der Waals surface area contributed by atoms with E-state index in [2.05, 4.69) is 4.74 Å². The van der Waals surface area contributed by atoms with Crippen LogP contribution in [-0.4, -0.2) is 172 Å². The average Bonchev–Trinajstić information content (AvgIpc) is 2.88. The van der Waals surface area contributed by atoms with Gasteiger partial charge in [0.1, 0.15) is 0 Å². The van der Waals surface area contributed by atoms with E-state index >= 15 is 0 Å². The van der Waals surface area contributed by atoms with Crippen molar-refractivity contribution in [3.8, 4) is 0 Å². The van der Waals surface area contributed by atoms with E-state index in [9.17, 15) is 9.59 Å². The summed E-state index contributed by atoms with van der Waals surface area (Å²) in [5.74, 6) is 0.151. The lowest BCUT2D eigenvalue weighted by atomic mass is 10.4. The van der Waals surface area contributed by atoms with Gasteiger partial charge in [-0.25, -0.2) is 0 Å². The van der Waals surface area contributed by atoms with Crippen LogP contribution in [0.15, 0.2) is 0 Å². The van der Waals surface area contributed by atoms with E-state index in [1.54, 1.807) is 25.9 Å². The van der Waals surface area contributed by atoms with Crippen molar-refractivity contribution in [2.45, 2.75) is 6.92 Å². The highest BCUT2D eigenvalue weighted by molar-refractivity contribution is 5.73. The van der Waals surface area contributed by atoms with Crippen molar-refractivity contribution >= 4 is 12.3 Å². The molecule has 1 rings (SSSR count). The average molecular weight is 521 g/mol. The third kappa shape index (κ3) is 50.4. The number of carbonyl (C=O) groups excluding carboxylic acids is 2. The van der Waals surface area contributed by atoms with Crippen molar-refractivity contribution in [1.82, 2.24) is 9.80 Å². The molecule has 1 aliphatic rings. The Kier molecular flexibility index (Phi) is 46.2. The molecule has 1 fully saturated rings. The molecule has 14 heteroatoms. The summed E-state index contributed by atoms with van der Waals surface area (Å²) in [6.07, 6.45) is 0.750. The fraction of sp³-hybridized carbons (Fsp3) is 0.905. The Morgan fingerprint density at radius 3 is 1.26 bits per heavy atom. The van der Waals surface area contributed by atoms with Gasteiger partial charge in [0.25, 0.3) is 0 Å². The number of ether oxygens (including phenoxy) is 4. The molecule has 0 aromatic heterocycles. The molecule has 6 N–H and O–H groups in total. The molecule has 0 aromatic rings. The lowest BCUT2D eigenvalue weighted by Gasteiger charge is -2.25. The first kappa shape index (κ1) is 40.7. The quantitative estimate of drug-likeness (QED) is 0.104. The van der Waals surface area contributed by atoms with Crippen LogP contribution in [0.1, 0.15) is 6.92 Å². The molecule has 0 bridgehead atoms. The molecule has 0 atom stereocenters. The first-order valence-electron chi connectivity index (χ1n) is 11.2. The van der Waals surface area contributed by atoms with E-state index in [-0.39, 0.29) is 45.5 Å². The normalized spacial score (nSPS) is 11.7. The van der Waals surface area contributed by atoms with Crippen LogP contribution in [0.3, 0.4) is 0 Å². The predicted octanol–water partition coefficient (Wildman–Crippen LogP) is -3.47. The van der Waals surface area contributed by atoms with E-state index in [0.717, 1.165) is 19.5 Å². The molecule has 35 heavy (non-hydrogen) atoms. The molecule has 214 valence electrons. The van der Waals surface area contributed by atoms with Gasteiger partial charge in [-0.05, 0) is 0 Å². The summed E-state index contributed by atoms with van der Waals surface area (Å²) in [4.78, 5) is 23.3. The number of hydrogen-bond acceptors (Lipinski definition) is 12. The summed E-state index contributed by atoms with van der Waals surface area (Å²) < 4.78 is 19.4. The van der Waals surface area contributed by atoms with Gasteiger partial charge in [0.05, 0.1) is 92.5 Å². The molecule has 14 nitrogen and oxygen atoms in total. The highest BCUT2D eigenvalue weighted by atomic mass is 16.5. The maximum absolute atomic E-state index is 10.7. The number of amides is 2. The van der Waals surface area contributed by atoms with Crippen molar-refractivity contribution in [1.29, 1.82) is 0 Å². The SMILES string of the molecule is CC(=O)N1CCOCC1.CN(C)C=O.OCCO.OCCOCCO.OCCOCCOCCO. The van der Waals surface area contributed by atoms with Gasteiger partial charge < -0.3 is 59.4 Å². The van der Waals surface area contributed by atoms with Crippen LogP contribution in [0.4, 0.5) is 0 Å². The topological polar surface area (TPSA) is 199 Å². The zero-order valence-corrected chi connectivity index (χ0v) is 21.4. The molecule has 0 spiro atoms. The van der Waals surface area contributed by atoms with Crippen LogP contribution in [0.5, 0.6) is 0 Å². The number of aliphatic hydroxyl groups excluding tert-OH is 6. The summed E-state index contributed by atoms with van der Waals surface area (Å²) in [6, 6.07) is 0. The lowest BCUT2D eigenvalue weighted by Crippen LogP contribution is -2.39. The Labute approximate surface area is 208 Å². The molecule has 0 unspecified atom stereocenters. The van der Waals surface area contributed by atoms with Gasteiger partial charge in [0.2, 0.25) is 12.3 Å². The number of nitrogens with zero attached hydrogens (tertiary/aromatic N) is 2. The lowest BCUT2D eigenvalue weighted by molar-refractivity contribution is -0.132. The Hall–Kier alpha value is -1.46. The maximum atomic E-state index is 10.7. The van der Waals surface area contributed by atoms with Crippen LogP contribution in [0.25, 0.3) is 0 Å². The van der Waals surface area contributed by atoms with E-state index in [0.29, 0.717) is 52.9 Å². The van der Waals surface area contributed by atoms with Crippen LogP contribution in [0, 0.1) is 0 Å². The van der Waals surface area contributed by atoms with Crippen LogP contribution in [0.2, 0.25) is 0 Å². The number of carbonyl (C=O) groups is 2. The van der Waals surface area contributed by atoms with E-state index in [1.807, 2.05) is 0 Å². The molecular formula is C21H48N2O12. The predicted molar refractivity (Wildman–Crippen MR) is 128 cm³/mol. The summed E-state index contributed by atoms with van der Waals surface area (Å²) in [7, 11) is 3.38. The molecule has 0 radical (unpaired) electrons. The zero-order chi connectivity index (χ0) is 27.6. The molecule has 1 saturated heterocycles. The van der Waals surface area contributed by atoms with Crippen LogP contribution >= 0.6 is 0 Å². The van der Waals surface area contributed by atoms with Crippen LogP contribution in [-0.2, 0) is 28.5 Å². The minimum absolute atomic E-state index is 0.0278. The largest absolute Gasteiger partial charge is 0.394 e. The van der Waals surface area contributed by atoms with E-state index < -0.39 is 0 Å². The second-order valence-electron chi connectivity index (χ2n) is 6.37. The summed E-state index contributed by atoms with van der Waals surface area (Å²) in [5.41, 5.74) is 0. The molecule has 2 amide bonds. The van der Waals surface area contributed by atoms with Gasteiger partial charge in [0.15, 0.2) is 0 Å². The maximum Gasteiger partial charge on any atom is 0.219 e. The van der Waals surface area contributed by atoms with Crippen LogP contribution < -0.4 is 0 Å². The number of aliphatic hydroxyl groups is 6. The van der Waals surface area contributed by atoms with Crippen molar-refractivity contribution < 1.29 is 59.2 Å². The molecule has 1 aliphatic heterocycles. The molecule has 0 aliphatic carbocycles. The first-order chi connectivity index (χ1) is 16.8. The van der Waals surface area contributed by atoms with Gasteiger partial charge in [-0.2, -0.15) is 0 Å². The van der Waals surface area contributed by atoms with Crippen molar-refractivity contribution in [3.05, 3.63) is 0 Å². The summed E-state index contributed by atoms with van der Waals surface area (Å²) in [5, 5.41) is 47.9. The van der Waals surface area contributed by atoms with Gasteiger partial charge in [-0.3, -0.25) is 9.59 Å². The third-order valence-corrected chi connectivity index (χ3v) is 3.08. The minimum Gasteiger partial charge on any atom is -0.394 e.